The van der Waals surface area contributed by atoms with Crippen LogP contribution in [-0.2, 0) is 6.42 Å². The van der Waals surface area contributed by atoms with Crippen LogP contribution in [0.3, 0.4) is 0 Å². The van der Waals surface area contributed by atoms with Crippen molar-refractivity contribution < 1.29 is 0 Å². The fraction of sp³-hybridized carbons (Fsp3) is 0.200. The maximum atomic E-state index is 6.39. The Balaban J connectivity index is 1.92. The summed E-state index contributed by atoms with van der Waals surface area (Å²) in [5.41, 5.74) is 2.56. The zero-order chi connectivity index (χ0) is 12.1. The molecule has 0 nitrogen and oxygen atoms in total. The van der Waals surface area contributed by atoms with Crippen molar-refractivity contribution in [2.45, 2.75) is 18.2 Å². The van der Waals surface area contributed by atoms with E-state index in [2.05, 4.69) is 59.0 Å². The van der Waals surface area contributed by atoms with Crippen LogP contribution in [0.4, 0.5) is 0 Å². The van der Waals surface area contributed by atoms with Gasteiger partial charge in [-0.15, -0.1) is 11.6 Å². The summed E-state index contributed by atoms with van der Waals surface area (Å²) < 4.78 is 1.27. The number of benzene rings is 2. The van der Waals surface area contributed by atoms with E-state index in [1.54, 1.807) is 0 Å². The number of hydrogen-bond acceptors (Lipinski definition) is 0. The SMILES string of the molecule is ClC(CCc1ccc(I)cc1)c1ccccc1. The van der Waals surface area contributed by atoms with Gasteiger partial charge in [0.2, 0.25) is 0 Å². The van der Waals surface area contributed by atoms with Crippen molar-refractivity contribution in [3.63, 3.8) is 0 Å². The Hall–Kier alpha value is -0.540. The Kier molecular flexibility index (Phi) is 4.86. The molecule has 1 unspecified atom stereocenters. The first-order valence-electron chi connectivity index (χ1n) is 5.69. The van der Waals surface area contributed by atoms with Gasteiger partial charge in [-0.05, 0) is 58.7 Å². The van der Waals surface area contributed by atoms with Crippen LogP contribution < -0.4 is 0 Å². The third-order valence-electron chi connectivity index (χ3n) is 2.76. The standard InChI is InChI=1S/C15H14ClI/c16-15(13-4-2-1-3-5-13)11-8-12-6-9-14(17)10-7-12/h1-7,9-10,15H,8,11H2. The molecule has 0 fully saturated rings. The minimum Gasteiger partial charge on any atom is -0.118 e. The molecular formula is C15H14ClI. The molecule has 0 bridgehead atoms. The fourth-order valence-electron chi connectivity index (χ4n) is 1.77. The first-order chi connectivity index (χ1) is 8.25. The molecule has 88 valence electrons. The van der Waals surface area contributed by atoms with E-state index in [9.17, 15) is 0 Å². The summed E-state index contributed by atoms with van der Waals surface area (Å²) in [7, 11) is 0. The normalized spacial score (nSPS) is 12.4. The smallest absolute Gasteiger partial charge is 0.0588 e. The van der Waals surface area contributed by atoms with Crippen LogP contribution in [0.2, 0.25) is 0 Å². The number of rotatable bonds is 4. The summed E-state index contributed by atoms with van der Waals surface area (Å²) in [6.07, 6.45) is 2.01. The van der Waals surface area contributed by atoms with E-state index in [-0.39, 0.29) is 5.38 Å². The second-order valence-electron chi connectivity index (χ2n) is 4.04. The van der Waals surface area contributed by atoms with Crippen LogP contribution in [0.25, 0.3) is 0 Å². The molecule has 17 heavy (non-hydrogen) atoms. The van der Waals surface area contributed by atoms with E-state index in [4.69, 9.17) is 11.6 Å². The summed E-state index contributed by atoms with van der Waals surface area (Å²) in [5, 5.41) is 0.107. The van der Waals surface area contributed by atoms with Gasteiger partial charge in [0.15, 0.2) is 0 Å². The summed E-state index contributed by atoms with van der Waals surface area (Å²) in [6, 6.07) is 18.9. The van der Waals surface area contributed by atoms with Crippen molar-refractivity contribution in [2.75, 3.05) is 0 Å². The molecule has 0 saturated carbocycles. The Morgan fingerprint density at radius 2 is 1.59 bits per heavy atom. The fourth-order valence-corrected chi connectivity index (χ4v) is 2.39. The van der Waals surface area contributed by atoms with Gasteiger partial charge >= 0.3 is 0 Å². The van der Waals surface area contributed by atoms with Gasteiger partial charge in [0.1, 0.15) is 0 Å². The quantitative estimate of drug-likeness (QED) is 0.521. The van der Waals surface area contributed by atoms with Gasteiger partial charge in [-0.25, -0.2) is 0 Å². The number of halogens is 2. The molecule has 0 amide bonds. The first-order valence-corrected chi connectivity index (χ1v) is 7.20. The average Bonchev–Trinajstić information content (AvgIpc) is 2.39. The molecule has 0 heterocycles. The summed E-state index contributed by atoms with van der Waals surface area (Å²) in [5.74, 6) is 0. The predicted octanol–water partition coefficient (Wildman–Crippen LogP) is 5.20. The second kappa shape index (κ2) is 6.41. The average molecular weight is 357 g/mol. The van der Waals surface area contributed by atoms with E-state index >= 15 is 0 Å². The van der Waals surface area contributed by atoms with Gasteiger partial charge in [-0.2, -0.15) is 0 Å². The van der Waals surface area contributed by atoms with Crippen LogP contribution in [0, 0.1) is 3.57 Å². The Labute approximate surface area is 121 Å². The highest BCUT2D eigenvalue weighted by molar-refractivity contribution is 14.1. The van der Waals surface area contributed by atoms with Crippen molar-refractivity contribution in [1.29, 1.82) is 0 Å². The lowest BCUT2D eigenvalue weighted by atomic mass is 10.0. The van der Waals surface area contributed by atoms with E-state index in [1.807, 2.05) is 18.2 Å². The molecule has 0 spiro atoms. The number of alkyl halides is 1. The number of hydrogen-bond donors (Lipinski definition) is 0. The van der Waals surface area contributed by atoms with Crippen LogP contribution in [0.1, 0.15) is 22.9 Å². The lowest BCUT2D eigenvalue weighted by Gasteiger charge is -2.09. The highest BCUT2D eigenvalue weighted by Crippen LogP contribution is 2.25. The van der Waals surface area contributed by atoms with Crippen LogP contribution in [-0.4, -0.2) is 0 Å². The molecule has 2 rings (SSSR count). The molecular weight excluding hydrogens is 343 g/mol. The molecule has 0 aromatic heterocycles. The molecule has 0 N–H and O–H groups in total. The first kappa shape index (κ1) is 12.9. The Morgan fingerprint density at radius 3 is 2.24 bits per heavy atom. The van der Waals surface area contributed by atoms with Crippen molar-refractivity contribution in [2.24, 2.45) is 0 Å². The molecule has 0 aliphatic carbocycles. The molecule has 0 aliphatic rings. The maximum absolute atomic E-state index is 6.39. The lowest BCUT2D eigenvalue weighted by Crippen LogP contribution is -1.93. The van der Waals surface area contributed by atoms with E-state index in [0.717, 1.165) is 12.8 Å². The largest absolute Gasteiger partial charge is 0.118 e. The molecule has 1 atom stereocenters. The molecule has 2 aromatic carbocycles. The van der Waals surface area contributed by atoms with Gasteiger partial charge in [-0.3, -0.25) is 0 Å². The van der Waals surface area contributed by atoms with E-state index < -0.39 is 0 Å². The third kappa shape index (κ3) is 4.00. The van der Waals surface area contributed by atoms with E-state index in [1.165, 1.54) is 14.7 Å². The minimum atomic E-state index is 0.107. The van der Waals surface area contributed by atoms with Crippen molar-refractivity contribution in [3.8, 4) is 0 Å². The zero-order valence-electron chi connectivity index (χ0n) is 9.44. The van der Waals surface area contributed by atoms with Gasteiger partial charge in [0.05, 0.1) is 5.38 Å². The summed E-state index contributed by atoms with van der Waals surface area (Å²) in [6.45, 7) is 0. The third-order valence-corrected chi connectivity index (χ3v) is 3.95. The van der Waals surface area contributed by atoms with Gasteiger partial charge in [-0.1, -0.05) is 42.5 Å². The van der Waals surface area contributed by atoms with Crippen molar-refractivity contribution in [1.82, 2.24) is 0 Å². The summed E-state index contributed by atoms with van der Waals surface area (Å²) in [4.78, 5) is 0. The summed E-state index contributed by atoms with van der Waals surface area (Å²) >= 11 is 8.71. The molecule has 0 radical (unpaired) electrons. The highest BCUT2D eigenvalue weighted by atomic mass is 127. The Bertz CT molecular complexity index is 450. The van der Waals surface area contributed by atoms with Crippen LogP contribution in [0.5, 0.6) is 0 Å². The highest BCUT2D eigenvalue weighted by Gasteiger charge is 2.07. The van der Waals surface area contributed by atoms with Crippen LogP contribution >= 0.6 is 34.2 Å². The Morgan fingerprint density at radius 1 is 0.941 bits per heavy atom. The molecule has 2 heteroatoms. The van der Waals surface area contributed by atoms with Crippen LogP contribution in [0.15, 0.2) is 54.6 Å². The number of aryl methyl sites for hydroxylation is 1. The molecule has 0 saturated heterocycles. The lowest BCUT2D eigenvalue weighted by molar-refractivity contribution is 0.793. The van der Waals surface area contributed by atoms with Crippen molar-refractivity contribution in [3.05, 3.63) is 69.3 Å². The van der Waals surface area contributed by atoms with Gasteiger partial charge in [0.25, 0.3) is 0 Å². The van der Waals surface area contributed by atoms with Gasteiger partial charge < -0.3 is 0 Å². The second-order valence-corrected chi connectivity index (χ2v) is 5.82. The molecule has 0 aliphatic heterocycles. The van der Waals surface area contributed by atoms with E-state index in [0.29, 0.717) is 0 Å². The van der Waals surface area contributed by atoms with Crippen molar-refractivity contribution >= 4 is 34.2 Å². The van der Waals surface area contributed by atoms with Gasteiger partial charge in [0, 0.05) is 3.57 Å². The predicted molar refractivity (Wildman–Crippen MR) is 82.5 cm³/mol. The minimum absolute atomic E-state index is 0.107. The zero-order valence-corrected chi connectivity index (χ0v) is 12.4. The molecule has 2 aromatic rings. The topological polar surface area (TPSA) is 0 Å². The maximum Gasteiger partial charge on any atom is 0.0588 e. The monoisotopic (exact) mass is 356 g/mol.